The van der Waals surface area contributed by atoms with Crippen molar-refractivity contribution in [1.82, 2.24) is 19.7 Å². The molecule has 0 aliphatic heterocycles. The van der Waals surface area contributed by atoms with Crippen LogP contribution in [0.15, 0.2) is 49.2 Å². The summed E-state index contributed by atoms with van der Waals surface area (Å²) >= 11 is 5.94. The first-order valence-electron chi connectivity index (χ1n) is 9.16. The predicted molar refractivity (Wildman–Crippen MR) is 105 cm³/mol. The van der Waals surface area contributed by atoms with E-state index in [1.165, 1.54) is 30.9 Å². The fraction of sp³-hybridized carbons (Fsp3) is 0.300. The van der Waals surface area contributed by atoms with Gasteiger partial charge in [-0.3, -0.25) is 4.79 Å². The first-order chi connectivity index (χ1) is 15.0. The number of benzene rings is 1. The first-order valence-corrected chi connectivity index (χ1v) is 9.53. The van der Waals surface area contributed by atoms with E-state index in [1.807, 2.05) is 0 Å². The molecule has 0 amide bonds. The van der Waals surface area contributed by atoms with Crippen molar-refractivity contribution in [3.05, 3.63) is 65.6 Å². The van der Waals surface area contributed by atoms with Crippen LogP contribution in [0.25, 0.3) is 0 Å². The van der Waals surface area contributed by atoms with E-state index in [2.05, 4.69) is 15.1 Å². The normalized spacial score (nSPS) is 13.0. The Morgan fingerprint density at radius 1 is 1.22 bits per heavy atom. The van der Waals surface area contributed by atoms with Gasteiger partial charge in [-0.2, -0.15) is 23.0 Å². The lowest BCUT2D eigenvalue weighted by Crippen LogP contribution is -2.42. The highest BCUT2D eigenvalue weighted by Crippen LogP contribution is 2.36. The molecule has 0 saturated heterocycles. The molecule has 1 unspecified atom stereocenters. The maximum absolute atomic E-state index is 14.2. The van der Waals surface area contributed by atoms with E-state index in [9.17, 15) is 22.4 Å². The summed E-state index contributed by atoms with van der Waals surface area (Å²) in [5, 5.41) is 3.33. The van der Waals surface area contributed by atoms with Crippen LogP contribution < -0.4 is 9.47 Å². The Hall–Kier alpha value is -3.21. The molecule has 7 nitrogen and oxygen atoms in total. The predicted octanol–water partition coefficient (Wildman–Crippen LogP) is 5.03. The summed E-state index contributed by atoms with van der Waals surface area (Å²) in [6.07, 6.45) is -3.28. The highest BCUT2D eigenvalue weighted by molar-refractivity contribution is 6.31. The van der Waals surface area contributed by atoms with Crippen molar-refractivity contribution in [3.63, 3.8) is 0 Å². The van der Waals surface area contributed by atoms with E-state index in [1.54, 1.807) is 13.8 Å². The number of rotatable bonds is 7. The summed E-state index contributed by atoms with van der Waals surface area (Å²) < 4.78 is 65.2. The Morgan fingerprint density at radius 3 is 2.53 bits per heavy atom. The molecule has 3 rings (SSSR count). The second-order valence-corrected chi connectivity index (χ2v) is 7.81. The van der Waals surface area contributed by atoms with Crippen LogP contribution in [0.5, 0.6) is 11.6 Å². The number of aromatic nitrogens is 4. The quantitative estimate of drug-likeness (QED) is 0.355. The molecule has 170 valence electrons. The zero-order valence-electron chi connectivity index (χ0n) is 16.8. The smallest absolute Gasteiger partial charge is 0.417 e. The number of carbonyl (C=O) groups is 1. The van der Waals surface area contributed by atoms with Crippen molar-refractivity contribution < 1.29 is 31.8 Å². The van der Waals surface area contributed by atoms with Gasteiger partial charge in [-0.25, -0.2) is 14.4 Å². The maximum Gasteiger partial charge on any atom is 0.417 e. The first kappa shape index (κ1) is 23.5. The SMILES string of the molecule is CC(C)(CC(=O)n1cncn1)C(Oc1ccccc1F)Oc1ncc(C(F)(F)F)cc1Cl. The van der Waals surface area contributed by atoms with E-state index in [4.69, 9.17) is 21.1 Å². The third kappa shape index (κ3) is 5.52. The lowest BCUT2D eigenvalue weighted by Gasteiger charge is -2.33. The molecule has 0 radical (unpaired) electrons. The van der Waals surface area contributed by atoms with Crippen LogP contribution in [0.4, 0.5) is 17.6 Å². The maximum atomic E-state index is 14.2. The Morgan fingerprint density at radius 2 is 1.94 bits per heavy atom. The zero-order valence-corrected chi connectivity index (χ0v) is 17.6. The summed E-state index contributed by atoms with van der Waals surface area (Å²) in [4.78, 5) is 19.9. The average molecular weight is 473 g/mol. The van der Waals surface area contributed by atoms with Crippen LogP contribution in [-0.2, 0) is 6.18 Å². The van der Waals surface area contributed by atoms with Crippen molar-refractivity contribution in [2.45, 2.75) is 32.7 Å². The van der Waals surface area contributed by atoms with Gasteiger partial charge < -0.3 is 9.47 Å². The summed E-state index contributed by atoms with van der Waals surface area (Å²) in [5.41, 5.74) is -2.21. The monoisotopic (exact) mass is 472 g/mol. The van der Waals surface area contributed by atoms with E-state index in [-0.39, 0.29) is 18.1 Å². The highest BCUT2D eigenvalue weighted by Gasteiger charge is 2.38. The lowest BCUT2D eigenvalue weighted by molar-refractivity contribution is -0.138. The van der Waals surface area contributed by atoms with Gasteiger partial charge in [0.25, 0.3) is 0 Å². The van der Waals surface area contributed by atoms with Gasteiger partial charge in [0.05, 0.1) is 5.56 Å². The largest absolute Gasteiger partial charge is 0.451 e. The minimum Gasteiger partial charge on any atom is -0.451 e. The Labute approximate surface area is 185 Å². The molecule has 12 heteroatoms. The molecule has 32 heavy (non-hydrogen) atoms. The van der Waals surface area contributed by atoms with E-state index in [0.717, 1.165) is 10.7 Å². The van der Waals surface area contributed by atoms with Gasteiger partial charge in [0.15, 0.2) is 11.6 Å². The number of hydrogen-bond acceptors (Lipinski definition) is 6. The molecule has 0 N–H and O–H groups in total. The van der Waals surface area contributed by atoms with Crippen molar-refractivity contribution in [3.8, 4) is 11.6 Å². The third-order valence-corrected chi connectivity index (χ3v) is 4.61. The molecule has 0 aliphatic carbocycles. The standard InChI is InChI=1S/C20H17ClF4N4O3/c1-19(2,8-16(30)29-11-26-10-28-29)18(31-15-6-4-3-5-14(15)22)32-17-13(21)7-12(9-27-17)20(23,24)25/h3-7,9-11,18H,8H2,1-2H3. The molecular formula is C20H17ClF4N4O3. The number of pyridine rings is 1. The molecule has 0 fully saturated rings. The van der Waals surface area contributed by atoms with Crippen molar-refractivity contribution >= 4 is 17.5 Å². The molecular weight excluding hydrogens is 456 g/mol. The van der Waals surface area contributed by atoms with Gasteiger partial charge in [0.1, 0.15) is 17.7 Å². The Kier molecular flexibility index (Phi) is 6.68. The second kappa shape index (κ2) is 9.11. The van der Waals surface area contributed by atoms with Crippen LogP contribution in [0.3, 0.4) is 0 Å². The van der Waals surface area contributed by atoms with E-state index >= 15 is 0 Å². The van der Waals surface area contributed by atoms with E-state index in [0.29, 0.717) is 12.3 Å². The number of alkyl halides is 3. The fourth-order valence-corrected chi connectivity index (χ4v) is 2.87. The molecule has 0 saturated carbocycles. The molecule has 2 heterocycles. The van der Waals surface area contributed by atoms with Gasteiger partial charge in [0.2, 0.25) is 18.1 Å². The molecule has 0 spiro atoms. The molecule has 0 aliphatic rings. The fourth-order valence-electron chi connectivity index (χ4n) is 2.66. The van der Waals surface area contributed by atoms with Crippen LogP contribution >= 0.6 is 11.6 Å². The van der Waals surface area contributed by atoms with Gasteiger partial charge in [0, 0.05) is 18.0 Å². The third-order valence-electron chi connectivity index (χ3n) is 4.34. The van der Waals surface area contributed by atoms with Crippen molar-refractivity contribution in [2.24, 2.45) is 5.41 Å². The van der Waals surface area contributed by atoms with Gasteiger partial charge in [-0.15, -0.1) is 0 Å². The van der Waals surface area contributed by atoms with Crippen LogP contribution in [0.1, 0.15) is 30.6 Å². The van der Waals surface area contributed by atoms with Crippen LogP contribution in [0.2, 0.25) is 5.02 Å². The number of para-hydroxylation sites is 1. The zero-order chi connectivity index (χ0) is 23.5. The van der Waals surface area contributed by atoms with Gasteiger partial charge in [-0.1, -0.05) is 37.6 Å². The number of ether oxygens (including phenoxy) is 2. The summed E-state index contributed by atoms with van der Waals surface area (Å²) in [7, 11) is 0. The van der Waals surface area contributed by atoms with Crippen LogP contribution in [0, 0.1) is 11.2 Å². The summed E-state index contributed by atoms with van der Waals surface area (Å²) in [6.45, 7) is 3.18. The molecule has 1 aromatic carbocycles. The minimum atomic E-state index is -4.65. The van der Waals surface area contributed by atoms with E-state index < -0.39 is 40.2 Å². The summed E-state index contributed by atoms with van der Waals surface area (Å²) in [5.74, 6) is -1.74. The van der Waals surface area contributed by atoms with Crippen LogP contribution in [-0.4, -0.2) is 31.9 Å². The lowest BCUT2D eigenvalue weighted by atomic mass is 9.88. The molecule has 0 bridgehead atoms. The van der Waals surface area contributed by atoms with Gasteiger partial charge in [-0.05, 0) is 18.2 Å². The number of halogens is 5. The number of hydrogen-bond donors (Lipinski definition) is 0. The van der Waals surface area contributed by atoms with Crippen molar-refractivity contribution in [1.29, 1.82) is 0 Å². The Balaban J connectivity index is 1.91. The number of nitrogens with zero attached hydrogens (tertiary/aromatic N) is 4. The summed E-state index contributed by atoms with van der Waals surface area (Å²) in [6, 6.07) is 6.11. The van der Waals surface area contributed by atoms with Gasteiger partial charge >= 0.3 is 6.18 Å². The average Bonchev–Trinajstić information content (AvgIpc) is 3.24. The molecule has 3 aromatic rings. The topological polar surface area (TPSA) is 79.1 Å². The number of carbonyl (C=O) groups excluding carboxylic acids is 1. The minimum absolute atomic E-state index is 0.193. The second-order valence-electron chi connectivity index (χ2n) is 7.41. The Bertz CT molecular complexity index is 1090. The molecule has 1 atom stereocenters. The highest BCUT2D eigenvalue weighted by atomic mass is 35.5. The van der Waals surface area contributed by atoms with Crippen molar-refractivity contribution in [2.75, 3.05) is 0 Å². The molecule has 2 aromatic heterocycles.